The molecule has 0 unspecified atom stereocenters. The second kappa shape index (κ2) is 3.16. The lowest BCUT2D eigenvalue weighted by atomic mass is 9.99. The van der Waals surface area contributed by atoms with Gasteiger partial charge in [-0.3, -0.25) is 9.69 Å². The first-order chi connectivity index (χ1) is 5.59. The first-order valence-electron chi connectivity index (χ1n) is 4.06. The minimum atomic E-state index is -0.454. The summed E-state index contributed by atoms with van der Waals surface area (Å²) >= 11 is 0. The maximum atomic E-state index is 11.4. The van der Waals surface area contributed by atoms with E-state index in [0.29, 0.717) is 13.1 Å². The molecule has 0 spiro atoms. The fraction of sp³-hybridized carbons (Fsp3) is 0.667. The lowest BCUT2D eigenvalue weighted by molar-refractivity contribution is -0.134. The summed E-state index contributed by atoms with van der Waals surface area (Å²) < 4.78 is 0. The molecule has 0 aliphatic carbocycles. The van der Waals surface area contributed by atoms with Gasteiger partial charge in [-0.15, -0.1) is 6.42 Å². The van der Waals surface area contributed by atoms with Gasteiger partial charge in [0.2, 0.25) is 5.91 Å². The van der Waals surface area contributed by atoms with Crippen LogP contribution in [-0.4, -0.2) is 36.0 Å². The van der Waals surface area contributed by atoms with E-state index in [4.69, 9.17) is 6.42 Å². The summed E-state index contributed by atoms with van der Waals surface area (Å²) in [7, 11) is 0. The molecule has 66 valence electrons. The Morgan fingerprint density at radius 3 is 3.00 bits per heavy atom. The minimum absolute atomic E-state index is 0.0593. The molecule has 1 heterocycles. The van der Waals surface area contributed by atoms with Gasteiger partial charge in [0.05, 0.1) is 12.1 Å². The fourth-order valence-corrected chi connectivity index (χ4v) is 1.33. The molecule has 1 fully saturated rings. The molecular formula is C9H14N2O. The standard InChI is InChI=1S/C9H14N2O/c1-4-6-11-7-5-10-8(12)9(11,2)3/h1H,5-7H2,2-3H3,(H,10,12). The molecule has 1 aliphatic heterocycles. The summed E-state index contributed by atoms with van der Waals surface area (Å²) in [6.45, 7) is 5.85. The summed E-state index contributed by atoms with van der Waals surface area (Å²) in [5.41, 5.74) is -0.454. The van der Waals surface area contributed by atoms with Crippen molar-refractivity contribution in [1.82, 2.24) is 10.2 Å². The number of carbonyl (C=O) groups is 1. The molecule has 1 aliphatic rings. The number of carbonyl (C=O) groups excluding carboxylic acids is 1. The first-order valence-corrected chi connectivity index (χ1v) is 4.06. The number of terminal acetylenes is 1. The molecule has 0 aromatic rings. The van der Waals surface area contributed by atoms with E-state index in [2.05, 4.69) is 11.2 Å². The van der Waals surface area contributed by atoms with Gasteiger partial charge in [-0.2, -0.15) is 0 Å². The van der Waals surface area contributed by atoms with E-state index in [1.165, 1.54) is 0 Å². The van der Waals surface area contributed by atoms with E-state index < -0.39 is 5.54 Å². The highest BCUT2D eigenvalue weighted by Crippen LogP contribution is 2.16. The zero-order chi connectivity index (χ0) is 9.19. The third-order valence-corrected chi connectivity index (χ3v) is 2.30. The lowest BCUT2D eigenvalue weighted by Crippen LogP contribution is -2.61. The maximum Gasteiger partial charge on any atom is 0.240 e. The van der Waals surface area contributed by atoms with Gasteiger partial charge in [-0.1, -0.05) is 5.92 Å². The van der Waals surface area contributed by atoms with E-state index in [1.54, 1.807) is 0 Å². The smallest absolute Gasteiger partial charge is 0.240 e. The van der Waals surface area contributed by atoms with Crippen LogP contribution in [0.4, 0.5) is 0 Å². The Morgan fingerprint density at radius 2 is 2.42 bits per heavy atom. The van der Waals surface area contributed by atoms with E-state index in [-0.39, 0.29) is 5.91 Å². The number of nitrogens with one attached hydrogen (secondary N) is 1. The van der Waals surface area contributed by atoms with Crippen molar-refractivity contribution in [1.29, 1.82) is 0 Å². The van der Waals surface area contributed by atoms with E-state index >= 15 is 0 Å². The summed E-state index contributed by atoms with van der Waals surface area (Å²) in [4.78, 5) is 13.4. The molecule has 0 atom stereocenters. The van der Waals surface area contributed by atoms with E-state index in [9.17, 15) is 4.79 Å². The molecule has 0 bridgehead atoms. The van der Waals surface area contributed by atoms with Crippen LogP contribution < -0.4 is 5.32 Å². The van der Waals surface area contributed by atoms with Crippen LogP contribution >= 0.6 is 0 Å². The zero-order valence-electron chi connectivity index (χ0n) is 7.55. The van der Waals surface area contributed by atoms with Crippen LogP contribution in [0.5, 0.6) is 0 Å². The summed E-state index contributed by atoms with van der Waals surface area (Å²) in [6, 6.07) is 0. The lowest BCUT2D eigenvalue weighted by Gasteiger charge is -2.39. The van der Waals surface area contributed by atoms with Crippen LogP contribution in [-0.2, 0) is 4.79 Å². The summed E-state index contributed by atoms with van der Waals surface area (Å²) in [5, 5.41) is 2.81. The molecule has 3 heteroatoms. The van der Waals surface area contributed by atoms with Crippen molar-refractivity contribution in [2.75, 3.05) is 19.6 Å². The Hall–Kier alpha value is -1.01. The molecule has 1 N–H and O–H groups in total. The monoisotopic (exact) mass is 166 g/mol. The van der Waals surface area contributed by atoms with Crippen molar-refractivity contribution in [2.45, 2.75) is 19.4 Å². The topological polar surface area (TPSA) is 32.3 Å². The molecular weight excluding hydrogens is 152 g/mol. The van der Waals surface area contributed by atoms with Gasteiger partial charge in [-0.05, 0) is 13.8 Å². The largest absolute Gasteiger partial charge is 0.353 e. The quantitative estimate of drug-likeness (QED) is 0.548. The molecule has 12 heavy (non-hydrogen) atoms. The SMILES string of the molecule is C#CCN1CCNC(=O)C1(C)C. The zero-order valence-corrected chi connectivity index (χ0v) is 7.55. The van der Waals surface area contributed by atoms with Gasteiger partial charge in [0.15, 0.2) is 0 Å². The van der Waals surface area contributed by atoms with Gasteiger partial charge in [0, 0.05) is 13.1 Å². The first kappa shape index (κ1) is 9.08. The van der Waals surface area contributed by atoms with Crippen LogP contribution in [0.3, 0.4) is 0 Å². The fourth-order valence-electron chi connectivity index (χ4n) is 1.33. The molecule has 0 aromatic carbocycles. The maximum absolute atomic E-state index is 11.4. The van der Waals surface area contributed by atoms with Crippen LogP contribution in [0, 0.1) is 12.3 Å². The van der Waals surface area contributed by atoms with Crippen molar-refractivity contribution < 1.29 is 4.79 Å². The molecule has 0 radical (unpaired) electrons. The van der Waals surface area contributed by atoms with E-state index in [0.717, 1.165) is 6.54 Å². The molecule has 3 nitrogen and oxygen atoms in total. The van der Waals surface area contributed by atoms with Gasteiger partial charge in [-0.25, -0.2) is 0 Å². The average Bonchev–Trinajstić information content (AvgIpc) is 2.00. The number of rotatable bonds is 1. The Kier molecular flexibility index (Phi) is 2.39. The van der Waals surface area contributed by atoms with Gasteiger partial charge < -0.3 is 5.32 Å². The molecule has 0 aromatic heterocycles. The Labute approximate surface area is 73.1 Å². The van der Waals surface area contributed by atoms with Crippen LogP contribution in [0.1, 0.15) is 13.8 Å². The van der Waals surface area contributed by atoms with Crippen LogP contribution in [0.25, 0.3) is 0 Å². The number of nitrogens with zero attached hydrogens (tertiary/aromatic N) is 1. The van der Waals surface area contributed by atoms with Crippen LogP contribution in [0.15, 0.2) is 0 Å². The summed E-state index contributed by atoms with van der Waals surface area (Å²) in [6.07, 6.45) is 5.20. The molecule has 1 saturated heterocycles. The normalized spacial score (nSPS) is 22.9. The Bertz CT molecular complexity index is 227. The highest BCUT2D eigenvalue weighted by molar-refractivity contribution is 5.86. The van der Waals surface area contributed by atoms with Crippen molar-refractivity contribution in [3.63, 3.8) is 0 Å². The molecule has 1 amide bonds. The number of amides is 1. The van der Waals surface area contributed by atoms with Gasteiger partial charge >= 0.3 is 0 Å². The minimum Gasteiger partial charge on any atom is -0.353 e. The third kappa shape index (κ3) is 1.44. The van der Waals surface area contributed by atoms with Crippen LogP contribution in [0.2, 0.25) is 0 Å². The van der Waals surface area contributed by atoms with Crippen molar-refractivity contribution in [2.24, 2.45) is 0 Å². The second-order valence-corrected chi connectivity index (χ2v) is 3.44. The van der Waals surface area contributed by atoms with Crippen molar-refractivity contribution in [3.05, 3.63) is 0 Å². The Balaban J connectivity index is 2.73. The third-order valence-electron chi connectivity index (χ3n) is 2.30. The highest BCUT2D eigenvalue weighted by atomic mass is 16.2. The molecule has 0 saturated carbocycles. The number of piperazine rings is 1. The highest BCUT2D eigenvalue weighted by Gasteiger charge is 2.36. The van der Waals surface area contributed by atoms with Gasteiger partial charge in [0.25, 0.3) is 0 Å². The van der Waals surface area contributed by atoms with Gasteiger partial charge in [0.1, 0.15) is 0 Å². The van der Waals surface area contributed by atoms with Crippen molar-refractivity contribution in [3.8, 4) is 12.3 Å². The number of hydrogen-bond donors (Lipinski definition) is 1. The van der Waals surface area contributed by atoms with Crippen molar-refractivity contribution >= 4 is 5.91 Å². The summed E-state index contributed by atoms with van der Waals surface area (Å²) in [5.74, 6) is 2.62. The number of hydrogen-bond acceptors (Lipinski definition) is 2. The Morgan fingerprint density at radius 1 is 1.75 bits per heavy atom. The predicted molar refractivity (Wildman–Crippen MR) is 47.5 cm³/mol. The van der Waals surface area contributed by atoms with E-state index in [1.807, 2.05) is 18.7 Å². The average molecular weight is 166 g/mol. The predicted octanol–water partition coefficient (Wildman–Crippen LogP) is -0.170. The molecule has 1 rings (SSSR count). The second-order valence-electron chi connectivity index (χ2n) is 3.44.